The van der Waals surface area contributed by atoms with Gasteiger partial charge in [0.1, 0.15) is 0 Å². The fourth-order valence-electron chi connectivity index (χ4n) is 2.84. The molecule has 24 heavy (non-hydrogen) atoms. The minimum absolute atomic E-state index is 0.0378. The Morgan fingerprint density at radius 2 is 1.75 bits per heavy atom. The highest BCUT2D eigenvalue weighted by atomic mass is 16.2. The summed E-state index contributed by atoms with van der Waals surface area (Å²) in [5.74, 6) is 0.607. The summed E-state index contributed by atoms with van der Waals surface area (Å²) in [6, 6.07) is 0. The Hall–Kier alpha value is -1.36. The molecule has 5 nitrogen and oxygen atoms in total. The van der Waals surface area contributed by atoms with Gasteiger partial charge >= 0.3 is 0 Å². The number of hydrogen-bond acceptors (Lipinski definition) is 3. The minimum atomic E-state index is 0.0378. The van der Waals surface area contributed by atoms with E-state index in [-0.39, 0.29) is 23.1 Å². The van der Waals surface area contributed by atoms with Gasteiger partial charge in [0.15, 0.2) is 0 Å². The lowest BCUT2D eigenvalue weighted by Gasteiger charge is -2.34. The van der Waals surface area contributed by atoms with Gasteiger partial charge in [-0.2, -0.15) is 0 Å². The molecule has 1 heterocycles. The highest BCUT2D eigenvalue weighted by Crippen LogP contribution is 2.26. The maximum absolute atomic E-state index is 12.4. The number of allylic oxidation sites excluding steroid dienone is 1. The van der Waals surface area contributed by atoms with E-state index in [1.807, 2.05) is 11.8 Å². The van der Waals surface area contributed by atoms with E-state index in [4.69, 9.17) is 0 Å². The van der Waals surface area contributed by atoms with Gasteiger partial charge < -0.3 is 10.2 Å². The lowest BCUT2D eigenvalue weighted by molar-refractivity contribution is -0.127. The third kappa shape index (κ3) is 5.33. The van der Waals surface area contributed by atoms with Crippen molar-refractivity contribution in [3.05, 3.63) is 11.6 Å². The van der Waals surface area contributed by atoms with Crippen LogP contribution >= 0.6 is 0 Å². The zero-order valence-electron chi connectivity index (χ0n) is 15.7. The quantitative estimate of drug-likeness (QED) is 0.782. The number of hydrogen-bond donors (Lipinski definition) is 1. The van der Waals surface area contributed by atoms with Gasteiger partial charge in [-0.1, -0.05) is 32.8 Å². The third-order valence-corrected chi connectivity index (χ3v) is 5.41. The number of piperazine rings is 1. The molecule has 0 atom stereocenters. The summed E-state index contributed by atoms with van der Waals surface area (Å²) in [4.78, 5) is 28.4. The summed E-state index contributed by atoms with van der Waals surface area (Å²) in [6.45, 7) is 13.3. The van der Waals surface area contributed by atoms with E-state index in [0.717, 1.165) is 51.1 Å². The third-order valence-electron chi connectivity index (χ3n) is 5.41. The number of nitrogens with zero attached hydrogens (tertiary/aromatic N) is 2. The van der Waals surface area contributed by atoms with E-state index in [0.29, 0.717) is 6.54 Å². The van der Waals surface area contributed by atoms with E-state index >= 15 is 0 Å². The predicted molar refractivity (Wildman–Crippen MR) is 96.6 cm³/mol. The summed E-state index contributed by atoms with van der Waals surface area (Å²) in [5, 5.41) is 3.04. The molecular formula is C19H33N3O2. The molecule has 1 N–H and O–H groups in total. The van der Waals surface area contributed by atoms with E-state index in [9.17, 15) is 9.59 Å². The van der Waals surface area contributed by atoms with Crippen LogP contribution in [0, 0.1) is 11.3 Å². The molecule has 2 aliphatic rings. The summed E-state index contributed by atoms with van der Waals surface area (Å²) >= 11 is 0. The number of rotatable bonds is 5. The van der Waals surface area contributed by atoms with Gasteiger partial charge in [-0.05, 0) is 25.2 Å². The molecule has 1 saturated carbocycles. The van der Waals surface area contributed by atoms with E-state index in [1.54, 1.807) is 6.08 Å². The number of carbonyl (C=O) groups is 2. The van der Waals surface area contributed by atoms with Crippen molar-refractivity contribution in [3.63, 3.8) is 0 Å². The van der Waals surface area contributed by atoms with Crippen molar-refractivity contribution >= 4 is 11.8 Å². The molecule has 136 valence electrons. The van der Waals surface area contributed by atoms with Crippen LogP contribution in [0.15, 0.2) is 11.6 Å². The number of amides is 2. The molecule has 2 rings (SSSR count). The van der Waals surface area contributed by atoms with Gasteiger partial charge in [0.2, 0.25) is 11.8 Å². The molecular weight excluding hydrogens is 302 g/mol. The Morgan fingerprint density at radius 3 is 2.25 bits per heavy atom. The zero-order valence-corrected chi connectivity index (χ0v) is 15.7. The fourth-order valence-corrected chi connectivity index (χ4v) is 2.84. The molecule has 1 saturated heterocycles. The number of nitrogens with one attached hydrogen (secondary N) is 1. The second-order valence-corrected chi connectivity index (χ2v) is 8.16. The average molecular weight is 335 g/mol. The molecule has 0 spiro atoms. The molecule has 1 aliphatic heterocycles. The van der Waals surface area contributed by atoms with Crippen LogP contribution in [-0.4, -0.2) is 60.9 Å². The van der Waals surface area contributed by atoms with Crippen LogP contribution in [0.3, 0.4) is 0 Å². The summed E-state index contributed by atoms with van der Waals surface area (Å²) in [6.07, 6.45) is 5.08. The van der Waals surface area contributed by atoms with Crippen LogP contribution in [0.5, 0.6) is 0 Å². The van der Waals surface area contributed by atoms with Crippen molar-refractivity contribution in [2.24, 2.45) is 11.3 Å². The molecule has 0 aromatic heterocycles. The average Bonchev–Trinajstić information content (AvgIpc) is 2.45. The van der Waals surface area contributed by atoms with Crippen molar-refractivity contribution in [2.45, 2.75) is 47.0 Å². The van der Waals surface area contributed by atoms with Crippen LogP contribution in [0.4, 0.5) is 0 Å². The Balaban J connectivity index is 1.67. The Morgan fingerprint density at radius 1 is 1.12 bits per heavy atom. The molecule has 2 fully saturated rings. The fraction of sp³-hybridized carbons (Fsp3) is 0.789. The molecule has 0 unspecified atom stereocenters. The first-order chi connectivity index (χ1) is 11.3. The topological polar surface area (TPSA) is 52.7 Å². The molecule has 1 aliphatic carbocycles. The van der Waals surface area contributed by atoms with Crippen LogP contribution in [0.25, 0.3) is 0 Å². The summed E-state index contributed by atoms with van der Waals surface area (Å²) in [7, 11) is 0. The lowest BCUT2D eigenvalue weighted by Crippen LogP contribution is -2.50. The SMILES string of the molecule is CC(=CC(=O)N1CCN(CCNC(=O)C2CCC2)CC1)C(C)(C)C. The van der Waals surface area contributed by atoms with Crippen LogP contribution in [0.2, 0.25) is 0 Å². The Kier molecular flexibility index (Phi) is 6.44. The predicted octanol–water partition coefficient (Wildman–Crippen LogP) is 2.04. The highest BCUT2D eigenvalue weighted by molar-refractivity contribution is 5.88. The molecule has 0 radical (unpaired) electrons. The van der Waals surface area contributed by atoms with Crippen molar-refractivity contribution in [3.8, 4) is 0 Å². The van der Waals surface area contributed by atoms with Crippen molar-refractivity contribution in [2.75, 3.05) is 39.3 Å². The van der Waals surface area contributed by atoms with E-state index in [1.165, 1.54) is 6.42 Å². The van der Waals surface area contributed by atoms with Gasteiger partial charge in [-0.25, -0.2) is 0 Å². The van der Waals surface area contributed by atoms with Gasteiger partial charge in [0, 0.05) is 51.3 Å². The van der Waals surface area contributed by atoms with E-state index in [2.05, 4.69) is 31.0 Å². The first kappa shape index (κ1) is 19.0. The number of carbonyl (C=O) groups excluding carboxylic acids is 2. The monoisotopic (exact) mass is 335 g/mol. The van der Waals surface area contributed by atoms with Crippen LogP contribution in [-0.2, 0) is 9.59 Å². The van der Waals surface area contributed by atoms with Gasteiger partial charge in [0.25, 0.3) is 0 Å². The highest BCUT2D eigenvalue weighted by Gasteiger charge is 2.25. The summed E-state index contributed by atoms with van der Waals surface area (Å²) < 4.78 is 0. The Bertz CT molecular complexity index is 481. The Labute approximate surface area is 146 Å². The van der Waals surface area contributed by atoms with Gasteiger partial charge in [-0.3, -0.25) is 14.5 Å². The van der Waals surface area contributed by atoms with Crippen LogP contribution < -0.4 is 5.32 Å². The van der Waals surface area contributed by atoms with Gasteiger partial charge in [0.05, 0.1) is 0 Å². The molecule has 0 bridgehead atoms. The van der Waals surface area contributed by atoms with Gasteiger partial charge in [-0.15, -0.1) is 0 Å². The largest absolute Gasteiger partial charge is 0.355 e. The van der Waals surface area contributed by atoms with E-state index < -0.39 is 0 Å². The van der Waals surface area contributed by atoms with Crippen molar-refractivity contribution < 1.29 is 9.59 Å². The molecule has 5 heteroatoms. The zero-order chi connectivity index (χ0) is 17.7. The maximum atomic E-state index is 12.4. The molecule has 2 amide bonds. The van der Waals surface area contributed by atoms with Crippen LogP contribution in [0.1, 0.15) is 47.0 Å². The second-order valence-electron chi connectivity index (χ2n) is 8.16. The molecule has 0 aromatic rings. The molecule has 0 aromatic carbocycles. The van der Waals surface area contributed by atoms with Crippen molar-refractivity contribution in [1.29, 1.82) is 0 Å². The standard InChI is InChI=1S/C19H33N3O2/c1-15(19(2,3)4)14-17(23)22-12-10-21(11-13-22)9-8-20-18(24)16-6-5-7-16/h14,16H,5-13H2,1-4H3,(H,20,24). The maximum Gasteiger partial charge on any atom is 0.246 e. The summed E-state index contributed by atoms with van der Waals surface area (Å²) in [5.41, 5.74) is 1.16. The normalized spacial score (nSPS) is 20.7. The lowest BCUT2D eigenvalue weighted by atomic mass is 9.85. The second kappa shape index (κ2) is 8.15. The minimum Gasteiger partial charge on any atom is -0.355 e. The first-order valence-corrected chi connectivity index (χ1v) is 9.25. The first-order valence-electron chi connectivity index (χ1n) is 9.25. The van der Waals surface area contributed by atoms with Crippen molar-refractivity contribution in [1.82, 2.24) is 15.1 Å². The smallest absolute Gasteiger partial charge is 0.246 e.